The highest BCUT2D eigenvalue weighted by Crippen LogP contribution is 2.27. The van der Waals surface area contributed by atoms with Crippen molar-refractivity contribution < 1.29 is 22.1 Å². The molecule has 0 saturated heterocycles. The number of aromatic nitrogens is 2. The molecule has 0 atom stereocenters. The van der Waals surface area contributed by atoms with Gasteiger partial charge in [-0.25, -0.2) is 17.8 Å². The van der Waals surface area contributed by atoms with Gasteiger partial charge in [0.1, 0.15) is 5.82 Å². The van der Waals surface area contributed by atoms with Gasteiger partial charge in [0.15, 0.2) is 0 Å². The van der Waals surface area contributed by atoms with E-state index in [0.717, 1.165) is 5.56 Å². The van der Waals surface area contributed by atoms with Crippen LogP contribution in [-0.4, -0.2) is 41.9 Å². The molecule has 0 unspecified atom stereocenters. The third-order valence-electron chi connectivity index (χ3n) is 5.78. The van der Waals surface area contributed by atoms with Crippen LogP contribution in [-0.2, 0) is 16.6 Å². The Morgan fingerprint density at radius 2 is 1.77 bits per heavy atom. The van der Waals surface area contributed by atoms with E-state index in [1.807, 2.05) is 0 Å². The van der Waals surface area contributed by atoms with E-state index in [1.165, 1.54) is 35.6 Å². The number of aryl methyl sites for hydroxylation is 1. The molecule has 35 heavy (non-hydrogen) atoms. The van der Waals surface area contributed by atoms with Crippen molar-refractivity contribution in [3.05, 3.63) is 77.2 Å². The summed E-state index contributed by atoms with van der Waals surface area (Å²) in [6.45, 7) is 5.50. The maximum Gasteiger partial charge on any atom is 0.259 e. The van der Waals surface area contributed by atoms with Crippen LogP contribution in [0.5, 0.6) is 0 Å². The van der Waals surface area contributed by atoms with Crippen molar-refractivity contribution in [1.82, 2.24) is 19.8 Å². The number of sulfonamides is 1. The molecule has 182 valence electrons. The molecule has 0 fully saturated rings. The van der Waals surface area contributed by atoms with Crippen LogP contribution in [0.15, 0.2) is 64.0 Å². The topological polar surface area (TPSA) is 105 Å². The van der Waals surface area contributed by atoms with E-state index in [0.29, 0.717) is 27.9 Å². The zero-order chi connectivity index (χ0) is 25.3. The molecular weight excluding hydrogens is 471 g/mol. The SMILES string of the molecule is Cc1noc2nc(-c3ccc(F)cc3)cc(C(=O)NCc3ccc(S(=O)(=O)N(C)C(C)C)cc3)c12. The lowest BCUT2D eigenvalue weighted by atomic mass is 10.0. The molecule has 1 amide bonds. The second-order valence-corrected chi connectivity index (χ2v) is 10.4. The van der Waals surface area contributed by atoms with Crippen LogP contribution < -0.4 is 5.32 Å². The van der Waals surface area contributed by atoms with Crippen molar-refractivity contribution in [3.63, 3.8) is 0 Å². The Hall–Kier alpha value is -3.63. The molecular formula is C25H25FN4O4S. The Bertz CT molecular complexity index is 1480. The molecule has 0 aliphatic rings. The molecule has 0 saturated carbocycles. The molecule has 10 heteroatoms. The summed E-state index contributed by atoms with van der Waals surface area (Å²) >= 11 is 0. The lowest BCUT2D eigenvalue weighted by Crippen LogP contribution is -2.33. The summed E-state index contributed by atoms with van der Waals surface area (Å²) in [4.78, 5) is 17.7. The van der Waals surface area contributed by atoms with Gasteiger partial charge < -0.3 is 9.84 Å². The van der Waals surface area contributed by atoms with Crippen LogP contribution in [0.4, 0.5) is 4.39 Å². The number of carbonyl (C=O) groups excluding carboxylic acids is 1. The minimum absolute atomic E-state index is 0.170. The standard InChI is InChI=1S/C25H25FN4O4S/c1-15(2)30(4)35(32,33)20-11-5-17(6-12-20)14-27-24(31)21-13-22(18-7-9-19(26)10-8-18)28-25-23(21)16(3)29-34-25/h5-13,15H,14H2,1-4H3,(H,27,31). The zero-order valence-electron chi connectivity index (χ0n) is 19.7. The fraction of sp³-hybridized carbons (Fsp3) is 0.240. The number of nitrogens with one attached hydrogen (secondary N) is 1. The first kappa shape index (κ1) is 24.5. The molecule has 0 radical (unpaired) electrons. The van der Waals surface area contributed by atoms with Gasteiger partial charge in [0.25, 0.3) is 11.6 Å². The van der Waals surface area contributed by atoms with E-state index in [4.69, 9.17) is 4.52 Å². The molecule has 2 heterocycles. The smallest absolute Gasteiger partial charge is 0.259 e. The third kappa shape index (κ3) is 4.94. The highest BCUT2D eigenvalue weighted by Gasteiger charge is 2.23. The van der Waals surface area contributed by atoms with Gasteiger partial charge in [0, 0.05) is 25.2 Å². The van der Waals surface area contributed by atoms with Crippen LogP contribution in [0.1, 0.15) is 35.5 Å². The van der Waals surface area contributed by atoms with Gasteiger partial charge in [0.05, 0.1) is 27.2 Å². The van der Waals surface area contributed by atoms with Crippen molar-refractivity contribution in [2.75, 3.05) is 7.05 Å². The number of rotatable bonds is 7. The summed E-state index contributed by atoms with van der Waals surface area (Å²) in [7, 11) is -2.05. The molecule has 2 aromatic heterocycles. The van der Waals surface area contributed by atoms with Crippen molar-refractivity contribution in [2.45, 2.75) is 38.3 Å². The van der Waals surface area contributed by atoms with Crippen molar-refractivity contribution in [1.29, 1.82) is 0 Å². The Kier molecular flexibility index (Phi) is 6.68. The molecule has 0 aliphatic heterocycles. The second-order valence-electron chi connectivity index (χ2n) is 8.45. The molecule has 0 bridgehead atoms. The molecule has 1 N–H and O–H groups in total. The van der Waals surface area contributed by atoms with Crippen molar-refractivity contribution in [2.24, 2.45) is 0 Å². The predicted molar refractivity (Wildman–Crippen MR) is 130 cm³/mol. The fourth-order valence-corrected chi connectivity index (χ4v) is 4.91. The molecule has 0 spiro atoms. The average Bonchev–Trinajstić information content (AvgIpc) is 3.22. The van der Waals surface area contributed by atoms with E-state index >= 15 is 0 Å². The Morgan fingerprint density at radius 3 is 2.40 bits per heavy atom. The van der Waals surface area contributed by atoms with E-state index in [9.17, 15) is 17.6 Å². The highest BCUT2D eigenvalue weighted by atomic mass is 32.2. The fourth-order valence-electron chi connectivity index (χ4n) is 3.54. The van der Waals surface area contributed by atoms with E-state index in [-0.39, 0.29) is 34.9 Å². The first-order valence-corrected chi connectivity index (χ1v) is 12.4. The Morgan fingerprint density at radius 1 is 1.11 bits per heavy atom. The first-order valence-electron chi connectivity index (χ1n) is 11.0. The van der Waals surface area contributed by atoms with Crippen LogP contribution >= 0.6 is 0 Å². The zero-order valence-corrected chi connectivity index (χ0v) is 20.6. The summed E-state index contributed by atoms with van der Waals surface area (Å²) < 4.78 is 45.2. The summed E-state index contributed by atoms with van der Waals surface area (Å²) in [5.74, 6) is -0.749. The van der Waals surface area contributed by atoms with Crippen LogP contribution in [0, 0.1) is 12.7 Å². The summed E-state index contributed by atoms with van der Waals surface area (Å²) in [6.07, 6.45) is 0. The van der Waals surface area contributed by atoms with Gasteiger partial charge in [-0.1, -0.05) is 17.3 Å². The largest absolute Gasteiger partial charge is 0.348 e. The van der Waals surface area contributed by atoms with E-state index < -0.39 is 10.0 Å². The van der Waals surface area contributed by atoms with Gasteiger partial charge in [-0.05, 0) is 68.8 Å². The Balaban J connectivity index is 1.57. The van der Waals surface area contributed by atoms with Gasteiger partial charge >= 0.3 is 0 Å². The number of nitrogens with zero attached hydrogens (tertiary/aromatic N) is 3. The van der Waals surface area contributed by atoms with Crippen molar-refractivity contribution in [3.8, 4) is 11.3 Å². The number of pyridine rings is 1. The average molecular weight is 497 g/mol. The normalized spacial score (nSPS) is 12.0. The van der Waals surface area contributed by atoms with Crippen LogP contribution in [0.2, 0.25) is 0 Å². The third-order valence-corrected chi connectivity index (χ3v) is 7.83. The number of benzene rings is 2. The molecule has 8 nitrogen and oxygen atoms in total. The molecule has 4 rings (SSSR count). The van der Waals surface area contributed by atoms with Gasteiger partial charge in [-0.2, -0.15) is 4.31 Å². The minimum atomic E-state index is -3.59. The summed E-state index contributed by atoms with van der Waals surface area (Å²) in [6, 6.07) is 13.6. The summed E-state index contributed by atoms with van der Waals surface area (Å²) in [5, 5.41) is 7.27. The molecule has 4 aromatic rings. The number of carbonyl (C=O) groups is 1. The quantitative estimate of drug-likeness (QED) is 0.409. The Labute approximate surface area is 202 Å². The van der Waals surface area contributed by atoms with Crippen LogP contribution in [0.3, 0.4) is 0 Å². The lowest BCUT2D eigenvalue weighted by Gasteiger charge is -2.21. The first-order chi connectivity index (χ1) is 16.6. The lowest BCUT2D eigenvalue weighted by molar-refractivity contribution is 0.0952. The maximum atomic E-state index is 13.3. The van der Waals surface area contributed by atoms with Crippen molar-refractivity contribution >= 4 is 27.0 Å². The van der Waals surface area contributed by atoms with E-state index in [2.05, 4.69) is 15.5 Å². The highest BCUT2D eigenvalue weighted by molar-refractivity contribution is 7.89. The maximum absolute atomic E-state index is 13.3. The van der Waals surface area contributed by atoms with Gasteiger partial charge in [0.2, 0.25) is 10.0 Å². The van der Waals surface area contributed by atoms with Gasteiger partial charge in [-0.3, -0.25) is 4.79 Å². The monoisotopic (exact) mass is 496 g/mol. The van der Waals surface area contributed by atoms with Crippen LogP contribution in [0.25, 0.3) is 22.4 Å². The number of hydrogen-bond donors (Lipinski definition) is 1. The number of amides is 1. The summed E-state index contributed by atoms with van der Waals surface area (Å²) in [5.41, 5.74) is 2.86. The minimum Gasteiger partial charge on any atom is -0.348 e. The molecule has 0 aliphatic carbocycles. The predicted octanol–water partition coefficient (Wildman–Crippen LogP) is 4.30. The van der Waals surface area contributed by atoms with E-state index in [1.54, 1.807) is 51.1 Å². The van der Waals surface area contributed by atoms with Gasteiger partial charge in [-0.15, -0.1) is 0 Å². The number of hydrogen-bond acceptors (Lipinski definition) is 6. The molecule has 2 aromatic carbocycles. The number of fused-ring (bicyclic) bond motifs is 1. The second kappa shape index (κ2) is 9.55. The number of halogens is 1.